The molecule has 1 aliphatic heterocycles. The summed E-state index contributed by atoms with van der Waals surface area (Å²) in [5.41, 5.74) is 0.368. The summed E-state index contributed by atoms with van der Waals surface area (Å²) >= 11 is 1.64. The van der Waals surface area contributed by atoms with Gasteiger partial charge in [-0.3, -0.25) is 4.90 Å². The van der Waals surface area contributed by atoms with Crippen LogP contribution in [-0.2, 0) is 12.7 Å². The van der Waals surface area contributed by atoms with Crippen LogP contribution in [-0.4, -0.2) is 41.0 Å². The van der Waals surface area contributed by atoms with Crippen molar-refractivity contribution < 1.29 is 13.2 Å². The minimum Gasteiger partial charge on any atom is -0.354 e. The fourth-order valence-corrected chi connectivity index (χ4v) is 3.19. The molecule has 0 N–H and O–H groups in total. The van der Waals surface area contributed by atoms with Crippen molar-refractivity contribution in [2.24, 2.45) is 0 Å². The SMILES string of the molecule is Cc1nc(CN2CCN(c3ccc(C(F)(F)F)cn3)CC2)cs1. The molecule has 0 spiro atoms. The molecular formula is C15H17F3N4S. The topological polar surface area (TPSA) is 32.3 Å². The fraction of sp³-hybridized carbons (Fsp3) is 0.467. The molecule has 0 bridgehead atoms. The smallest absolute Gasteiger partial charge is 0.354 e. The third-order valence-corrected chi connectivity index (χ3v) is 4.65. The van der Waals surface area contributed by atoms with Gasteiger partial charge in [-0.15, -0.1) is 11.3 Å². The van der Waals surface area contributed by atoms with Gasteiger partial charge in [-0.2, -0.15) is 13.2 Å². The molecule has 8 heteroatoms. The molecule has 0 atom stereocenters. The molecule has 1 aliphatic rings. The van der Waals surface area contributed by atoms with Crippen LogP contribution in [0.5, 0.6) is 0 Å². The Labute approximate surface area is 136 Å². The standard InChI is InChI=1S/C15H17F3N4S/c1-11-20-13(10-23-11)9-21-4-6-22(7-5-21)14-3-2-12(8-19-14)15(16,17)18/h2-3,8,10H,4-7,9H2,1H3. The van der Waals surface area contributed by atoms with Crippen molar-refractivity contribution in [2.45, 2.75) is 19.6 Å². The van der Waals surface area contributed by atoms with Crippen LogP contribution in [0.25, 0.3) is 0 Å². The van der Waals surface area contributed by atoms with E-state index < -0.39 is 11.7 Å². The number of anilines is 1. The predicted octanol–water partition coefficient (Wildman–Crippen LogP) is 3.19. The number of hydrogen-bond acceptors (Lipinski definition) is 5. The summed E-state index contributed by atoms with van der Waals surface area (Å²) in [6.45, 7) is 6.00. The summed E-state index contributed by atoms with van der Waals surface area (Å²) < 4.78 is 37.7. The highest BCUT2D eigenvalue weighted by Crippen LogP contribution is 2.29. The van der Waals surface area contributed by atoms with Crippen LogP contribution in [0.2, 0.25) is 0 Å². The number of alkyl halides is 3. The molecule has 0 saturated carbocycles. The molecule has 0 aromatic carbocycles. The Morgan fingerprint density at radius 1 is 1.17 bits per heavy atom. The lowest BCUT2D eigenvalue weighted by molar-refractivity contribution is -0.137. The Hall–Kier alpha value is -1.67. The minimum atomic E-state index is -4.34. The number of nitrogens with zero attached hydrogens (tertiary/aromatic N) is 4. The third kappa shape index (κ3) is 4.00. The van der Waals surface area contributed by atoms with Crippen LogP contribution in [0.15, 0.2) is 23.7 Å². The highest BCUT2D eigenvalue weighted by atomic mass is 32.1. The Morgan fingerprint density at radius 3 is 2.43 bits per heavy atom. The molecular weight excluding hydrogens is 325 g/mol. The maximum Gasteiger partial charge on any atom is 0.417 e. The molecule has 0 aliphatic carbocycles. The molecule has 0 unspecified atom stereocenters. The number of aromatic nitrogens is 2. The van der Waals surface area contributed by atoms with E-state index in [-0.39, 0.29) is 0 Å². The van der Waals surface area contributed by atoms with Gasteiger partial charge in [0.25, 0.3) is 0 Å². The lowest BCUT2D eigenvalue weighted by atomic mass is 10.2. The van der Waals surface area contributed by atoms with E-state index in [1.54, 1.807) is 11.3 Å². The first-order chi connectivity index (χ1) is 10.9. The summed E-state index contributed by atoms with van der Waals surface area (Å²) in [7, 11) is 0. The van der Waals surface area contributed by atoms with E-state index in [4.69, 9.17) is 0 Å². The van der Waals surface area contributed by atoms with Gasteiger partial charge in [0, 0.05) is 44.3 Å². The zero-order valence-electron chi connectivity index (χ0n) is 12.7. The number of pyridine rings is 1. The average Bonchev–Trinajstić information content (AvgIpc) is 2.92. The van der Waals surface area contributed by atoms with E-state index in [1.165, 1.54) is 6.07 Å². The Morgan fingerprint density at radius 2 is 1.91 bits per heavy atom. The highest BCUT2D eigenvalue weighted by Gasteiger charge is 2.31. The van der Waals surface area contributed by atoms with E-state index >= 15 is 0 Å². The maximum atomic E-state index is 12.6. The Bertz CT molecular complexity index is 645. The summed E-state index contributed by atoms with van der Waals surface area (Å²) in [6.07, 6.45) is -3.43. The molecule has 23 heavy (non-hydrogen) atoms. The van der Waals surface area contributed by atoms with Gasteiger partial charge in [-0.25, -0.2) is 9.97 Å². The molecule has 0 amide bonds. The second-order valence-electron chi connectivity index (χ2n) is 5.52. The van der Waals surface area contributed by atoms with E-state index in [1.807, 2.05) is 11.8 Å². The molecule has 4 nitrogen and oxygen atoms in total. The highest BCUT2D eigenvalue weighted by molar-refractivity contribution is 7.09. The van der Waals surface area contributed by atoms with Gasteiger partial charge in [0.2, 0.25) is 0 Å². The van der Waals surface area contributed by atoms with Crippen molar-refractivity contribution in [3.05, 3.63) is 40.0 Å². The first-order valence-corrected chi connectivity index (χ1v) is 8.21. The van der Waals surface area contributed by atoms with Crippen molar-refractivity contribution >= 4 is 17.2 Å². The molecule has 1 fully saturated rings. The van der Waals surface area contributed by atoms with Crippen LogP contribution < -0.4 is 4.90 Å². The monoisotopic (exact) mass is 342 g/mol. The van der Waals surface area contributed by atoms with Crippen molar-refractivity contribution in [3.63, 3.8) is 0 Å². The van der Waals surface area contributed by atoms with Crippen LogP contribution in [0.3, 0.4) is 0 Å². The lowest BCUT2D eigenvalue weighted by Crippen LogP contribution is -2.46. The van der Waals surface area contributed by atoms with Crippen molar-refractivity contribution in [1.29, 1.82) is 0 Å². The minimum absolute atomic E-state index is 0.599. The number of rotatable bonds is 3. The molecule has 2 aromatic heterocycles. The number of piperazine rings is 1. The summed E-state index contributed by atoms with van der Waals surface area (Å²) in [5, 5.41) is 3.13. The largest absolute Gasteiger partial charge is 0.417 e. The molecule has 1 saturated heterocycles. The number of hydrogen-bond donors (Lipinski definition) is 0. The fourth-order valence-electron chi connectivity index (χ4n) is 2.59. The second-order valence-corrected chi connectivity index (χ2v) is 6.59. The maximum absolute atomic E-state index is 12.6. The van der Waals surface area contributed by atoms with E-state index in [0.717, 1.165) is 55.7 Å². The number of thiazole rings is 1. The van der Waals surface area contributed by atoms with Crippen LogP contribution in [0, 0.1) is 6.92 Å². The normalized spacial score (nSPS) is 16.8. The van der Waals surface area contributed by atoms with Crippen LogP contribution in [0.1, 0.15) is 16.3 Å². The van der Waals surface area contributed by atoms with Gasteiger partial charge in [0.15, 0.2) is 0 Å². The van der Waals surface area contributed by atoms with E-state index in [2.05, 4.69) is 20.2 Å². The number of aryl methyl sites for hydroxylation is 1. The summed E-state index contributed by atoms with van der Waals surface area (Å²) in [4.78, 5) is 12.7. The Kier molecular flexibility index (Phi) is 4.54. The van der Waals surface area contributed by atoms with Crippen molar-refractivity contribution in [3.8, 4) is 0 Å². The summed E-state index contributed by atoms with van der Waals surface area (Å²) in [5.74, 6) is 0.599. The van der Waals surface area contributed by atoms with Gasteiger partial charge in [0.1, 0.15) is 5.82 Å². The zero-order valence-corrected chi connectivity index (χ0v) is 13.5. The van der Waals surface area contributed by atoms with Gasteiger partial charge < -0.3 is 4.90 Å². The first-order valence-electron chi connectivity index (χ1n) is 7.33. The van der Waals surface area contributed by atoms with Crippen molar-refractivity contribution in [2.75, 3.05) is 31.1 Å². The first kappa shape index (κ1) is 16.2. The van der Waals surface area contributed by atoms with Crippen LogP contribution in [0.4, 0.5) is 19.0 Å². The van der Waals surface area contributed by atoms with E-state index in [9.17, 15) is 13.2 Å². The molecule has 3 rings (SSSR count). The predicted molar refractivity (Wildman–Crippen MR) is 83.6 cm³/mol. The zero-order chi connectivity index (χ0) is 16.4. The van der Waals surface area contributed by atoms with Gasteiger partial charge in [-0.05, 0) is 19.1 Å². The summed E-state index contributed by atoms with van der Waals surface area (Å²) in [6, 6.07) is 2.54. The van der Waals surface area contributed by atoms with Crippen molar-refractivity contribution in [1.82, 2.24) is 14.9 Å². The molecule has 124 valence electrons. The quantitative estimate of drug-likeness (QED) is 0.858. The van der Waals surface area contributed by atoms with Crippen LogP contribution >= 0.6 is 11.3 Å². The average molecular weight is 342 g/mol. The Balaban J connectivity index is 1.56. The van der Waals surface area contributed by atoms with Gasteiger partial charge >= 0.3 is 6.18 Å². The van der Waals surface area contributed by atoms with Gasteiger partial charge in [0.05, 0.1) is 16.3 Å². The second kappa shape index (κ2) is 6.45. The lowest BCUT2D eigenvalue weighted by Gasteiger charge is -2.35. The molecule has 0 radical (unpaired) electrons. The number of halogens is 3. The van der Waals surface area contributed by atoms with Gasteiger partial charge in [-0.1, -0.05) is 0 Å². The molecule has 2 aromatic rings. The van der Waals surface area contributed by atoms with E-state index in [0.29, 0.717) is 5.82 Å². The molecule has 3 heterocycles. The third-order valence-electron chi connectivity index (χ3n) is 3.82.